The highest BCUT2D eigenvalue weighted by Crippen LogP contribution is 2.31. The van der Waals surface area contributed by atoms with E-state index in [1.165, 1.54) is 29.3 Å². The summed E-state index contributed by atoms with van der Waals surface area (Å²) >= 11 is 0. The van der Waals surface area contributed by atoms with Crippen LogP contribution in [0.2, 0.25) is 0 Å². The first-order chi connectivity index (χ1) is 18.1. The van der Waals surface area contributed by atoms with Crippen molar-refractivity contribution in [2.75, 3.05) is 16.9 Å². The van der Waals surface area contributed by atoms with Crippen LogP contribution in [0.25, 0.3) is 21.8 Å². The maximum absolute atomic E-state index is 14.1. The molecular formula is C26H20FN7O3S. The van der Waals surface area contributed by atoms with E-state index in [1.54, 1.807) is 30.1 Å². The number of hydrogen-bond donors (Lipinski definition) is 1. The normalized spacial score (nSPS) is 11.5. The lowest BCUT2D eigenvalue weighted by Crippen LogP contribution is -2.32. The van der Waals surface area contributed by atoms with E-state index in [0.717, 1.165) is 29.3 Å². The maximum Gasteiger partial charge on any atom is 0.260 e. The summed E-state index contributed by atoms with van der Waals surface area (Å²) in [5, 5.41) is 14.8. The number of carbonyl (C=O) groups is 1. The number of carbonyl (C=O) groups excluding carboxylic acids is 1. The largest absolute Gasteiger partial charge is 0.383 e. The first-order valence-corrected chi connectivity index (χ1v) is 13.1. The van der Waals surface area contributed by atoms with E-state index in [-0.39, 0.29) is 28.4 Å². The highest BCUT2D eigenvalue weighted by Gasteiger charge is 2.26. The molecule has 0 spiro atoms. The summed E-state index contributed by atoms with van der Waals surface area (Å²) in [6, 6.07) is 13.3. The van der Waals surface area contributed by atoms with Gasteiger partial charge >= 0.3 is 0 Å². The number of hydrogen-bond acceptors (Lipinski definition) is 8. The summed E-state index contributed by atoms with van der Waals surface area (Å²) in [5.74, 6) is -1.05. The molecule has 5 aromatic rings. The molecule has 0 saturated heterocycles. The van der Waals surface area contributed by atoms with Gasteiger partial charge in [-0.3, -0.25) is 9.48 Å². The predicted octanol–water partition coefficient (Wildman–Crippen LogP) is 3.36. The van der Waals surface area contributed by atoms with Crippen LogP contribution < -0.4 is 10.6 Å². The van der Waals surface area contributed by atoms with E-state index in [1.807, 2.05) is 12.1 Å². The van der Waals surface area contributed by atoms with Crippen LogP contribution in [0.15, 0.2) is 65.8 Å². The topological polar surface area (TPSA) is 148 Å². The van der Waals surface area contributed by atoms with Gasteiger partial charge in [0.15, 0.2) is 9.84 Å². The van der Waals surface area contributed by atoms with Gasteiger partial charge in [0.25, 0.3) is 5.91 Å². The lowest BCUT2D eigenvalue weighted by Gasteiger charge is -2.25. The maximum atomic E-state index is 14.1. The van der Waals surface area contributed by atoms with Crippen LogP contribution in [0.5, 0.6) is 0 Å². The van der Waals surface area contributed by atoms with E-state index < -0.39 is 21.6 Å². The van der Waals surface area contributed by atoms with Crippen molar-refractivity contribution >= 4 is 49.1 Å². The van der Waals surface area contributed by atoms with E-state index in [2.05, 4.69) is 15.1 Å². The van der Waals surface area contributed by atoms with Gasteiger partial charge in [-0.2, -0.15) is 10.4 Å². The number of nitriles is 1. The fraction of sp³-hybridized carbons (Fsp3) is 0.115. The monoisotopic (exact) mass is 529 g/mol. The van der Waals surface area contributed by atoms with E-state index in [4.69, 9.17) is 11.0 Å². The number of rotatable bonds is 5. The third kappa shape index (κ3) is 4.39. The number of sulfone groups is 1. The molecule has 0 saturated carbocycles. The van der Waals surface area contributed by atoms with Crippen molar-refractivity contribution in [1.29, 1.82) is 5.26 Å². The molecule has 0 aliphatic rings. The van der Waals surface area contributed by atoms with Crippen molar-refractivity contribution in [2.45, 2.75) is 11.4 Å². The molecule has 0 bridgehead atoms. The van der Waals surface area contributed by atoms with Crippen molar-refractivity contribution < 1.29 is 17.6 Å². The number of nitrogen functional groups attached to an aromatic ring is 1. The van der Waals surface area contributed by atoms with Gasteiger partial charge in [-0.15, -0.1) is 0 Å². The Kier molecular flexibility index (Phi) is 6.00. The summed E-state index contributed by atoms with van der Waals surface area (Å²) in [6.07, 6.45) is 3.82. The van der Waals surface area contributed by atoms with Gasteiger partial charge in [-0.1, -0.05) is 12.1 Å². The molecule has 2 N–H and O–H groups in total. The quantitative estimate of drug-likeness (QED) is 0.364. The van der Waals surface area contributed by atoms with Crippen molar-refractivity contribution in [2.24, 2.45) is 7.05 Å². The Labute approximate surface area is 216 Å². The van der Waals surface area contributed by atoms with E-state index in [0.29, 0.717) is 22.3 Å². The van der Waals surface area contributed by atoms with Gasteiger partial charge < -0.3 is 10.6 Å². The molecular weight excluding hydrogens is 509 g/mol. The zero-order valence-electron chi connectivity index (χ0n) is 20.3. The summed E-state index contributed by atoms with van der Waals surface area (Å²) in [6.45, 7) is -0.0755. The Hall–Kier alpha value is -4.89. The molecule has 10 nitrogen and oxygen atoms in total. The summed E-state index contributed by atoms with van der Waals surface area (Å²) in [7, 11) is -2.12. The van der Waals surface area contributed by atoms with Gasteiger partial charge in [0.05, 0.1) is 45.3 Å². The molecule has 3 heterocycles. The molecule has 38 heavy (non-hydrogen) atoms. The molecule has 0 aliphatic heterocycles. The molecule has 12 heteroatoms. The molecule has 0 unspecified atom stereocenters. The Bertz CT molecular complexity index is 1890. The van der Waals surface area contributed by atoms with Gasteiger partial charge in [0.1, 0.15) is 23.4 Å². The number of benzene rings is 2. The number of nitrogens with two attached hydrogens (primary N) is 1. The Morgan fingerprint density at radius 2 is 1.92 bits per heavy atom. The Morgan fingerprint density at radius 1 is 1.13 bits per heavy atom. The third-order valence-corrected chi connectivity index (χ3v) is 7.22. The zero-order valence-corrected chi connectivity index (χ0v) is 21.1. The van der Waals surface area contributed by atoms with Crippen LogP contribution in [0.3, 0.4) is 0 Å². The summed E-state index contributed by atoms with van der Waals surface area (Å²) in [5.41, 5.74) is 8.36. The molecule has 0 atom stereocenters. The van der Waals surface area contributed by atoms with Crippen molar-refractivity contribution in [3.63, 3.8) is 0 Å². The van der Waals surface area contributed by atoms with Crippen LogP contribution in [-0.2, 0) is 23.4 Å². The van der Waals surface area contributed by atoms with Gasteiger partial charge in [-0.05, 0) is 42.0 Å². The number of amides is 1. The van der Waals surface area contributed by atoms with Gasteiger partial charge in [0, 0.05) is 24.9 Å². The second-order valence-electron chi connectivity index (χ2n) is 8.70. The van der Waals surface area contributed by atoms with Crippen LogP contribution in [0.4, 0.5) is 15.9 Å². The third-order valence-electron chi connectivity index (χ3n) is 6.10. The van der Waals surface area contributed by atoms with Crippen LogP contribution in [0.1, 0.15) is 21.6 Å². The number of pyridine rings is 2. The molecule has 0 radical (unpaired) electrons. The number of nitrogens with zero attached hydrogens (tertiary/aromatic N) is 6. The van der Waals surface area contributed by atoms with Crippen LogP contribution >= 0.6 is 0 Å². The lowest BCUT2D eigenvalue weighted by atomic mass is 10.1. The minimum atomic E-state index is -3.91. The first-order valence-electron chi connectivity index (χ1n) is 11.2. The van der Waals surface area contributed by atoms with Crippen molar-refractivity contribution in [1.82, 2.24) is 19.7 Å². The number of aryl methyl sites for hydroxylation is 1. The molecule has 3 aromatic heterocycles. The molecule has 0 aliphatic carbocycles. The number of aromatic nitrogens is 4. The predicted molar refractivity (Wildman–Crippen MR) is 139 cm³/mol. The van der Waals surface area contributed by atoms with E-state index in [9.17, 15) is 17.6 Å². The summed E-state index contributed by atoms with van der Waals surface area (Å²) < 4.78 is 40.9. The minimum Gasteiger partial charge on any atom is -0.383 e. The highest BCUT2D eigenvalue weighted by molar-refractivity contribution is 7.90. The van der Waals surface area contributed by atoms with Crippen molar-refractivity contribution in [3.8, 4) is 6.07 Å². The molecule has 5 rings (SSSR count). The fourth-order valence-electron chi connectivity index (χ4n) is 4.30. The second kappa shape index (κ2) is 9.20. The molecule has 1 amide bonds. The zero-order chi connectivity index (χ0) is 27.2. The summed E-state index contributed by atoms with van der Waals surface area (Å²) in [4.78, 5) is 23.0. The van der Waals surface area contributed by atoms with Crippen LogP contribution in [0, 0.1) is 17.1 Å². The van der Waals surface area contributed by atoms with Crippen LogP contribution in [-0.4, -0.2) is 40.3 Å². The number of fused-ring (bicyclic) bond motifs is 3. The number of halogens is 1. The highest BCUT2D eigenvalue weighted by atomic mass is 32.2. The standard InChI is InChI=1S/C26H20FN7O3S/c1-33-24-19-7-3-15(9-21(19)32-25(29)20(24)13-31-33)14-34(26(35)16-4-6-18(11-28)30-12-16)22-8-5-17(27)10-23(22)38(2,36)37/h3-10,12-13H,14H2,1-2H3,(H2,29,32). The molecule has 0 fully saturated rings. The lowest BCUT2D eigenvalue weighted by molar-refractivity contribution is 0.0984. The molecule has 2 aromatic carbocycles. The Balaban J connectivity index is 1.66. The van der Waals surface area contributed by atoms with E-state index >= 15 is 0 Å². The average Bonchev–Trinajstić information content (AvgIpc) is 3.29. The van der Waals surface area contributed by atoms with Crippen molar-refractivity contribution in [3.05, 3.63) is 83.6 Å². The fourth-order valence-corrected chi connectivity index (χ4v) is 5.19. The first kappa shape index (κ1) is 24.8. The second-order valence-corrected chi connectivity index (χ2v) is 10.7. The number of anilines is 2. The Morgan fingerprint density at radius 3 is 2.61 bits per heavy atom. The minimum absolute atomic E-state index is 0.00193. The SMILES string of the molecule is Cn1ncc2c(N)nc3cc(CN(C(=O)c4ccc(C#N)nc4)c4ccc(F)cc4S(C)(=O)=O)ccc3c21. The smallest absolute Gasteiger partial charge is 0.260 e. The van der Waals surface area contributed by atoms with Gasteiger partial charge in [0.2, 0.25) is 0 Å². The van der Waals surface area contributed by atoms with Gasteiger partial charge in [-0.25, -0.2) is 22.8 Å². The average molecular weight is 530 g/mol. The molecule has 190 valence electrons.